The van der Waals surface area contributed by atoms with Crippen LogP contribution < -0.4 is 18.9 Å². The summed E-state index contributed by atoms with van der Waals surface area (Å²) in [5.74, 6) is 3.92. The minimum Gasteiger partial charge on any atom is -0.492 e. The van der Waals surface area contributed by atoms with Crippen molar-refractivity contribution < 1.29 is 18.9 Å². The van der Waals surface area contributed by atoms with Crippen LogP contribution >= 0.6 is 102 Å². The number of fused-ring (bicyclic) bond motifs is 1. The molecule has 1 aromatic carbocycles. The highest BCUT2D eigenvalue weighted by atomic mass is 32.1. The Morgan fingerprint density at radius 1 is 0.304 bits per heavy atom. The molecule has 0 N–H and O–H groups in total. The topological polar surface area (TPSA) is 62.7 Å². The second-order valence-corrected chi connectivity index (χ2v) is 29.6. The molecule has 6 nitrogen and oxygen atoms in total. The largest absolute Gasteiger partial charge is 0.492 e. The molecule has 0 amide bonds. The van der Waals surface area contributed by atoms with E-state index >= 15 is 0 Å². The third kappa shape index (κ3) is 14.4. The summed E-state index contributed by atoms with van der Waals surface area (Å²) in [6, 6.07) is 31.6. The van der Waals surface area contributed by atoms with Gasteiger partial charge in [-0.2, -0.15) is 8.75 Å². The Kier molecular flexibility index (Phi) is 21.1. The molecule has 0 radical (unpaired) electrons. The van der Waals surface area contributed by atoms with Gasteiger partial charge in [-0.25, -0.2) is 0 Å². The quantitative estimate of drug-likeness (QED) is 0.0392. The minimum absolute atomic E-state index is 0.694. The zero-order chi connectivity index (χ0) is 54.5. The molecule has 0 saturated carbocycles. The maximum Gasteiger partial charge on any atom is 0.139 e. The van der Waals surface area contributed by atoms with Crippen LogP contribution in [0.3, 0.4) is 0 Å². The van der Waals surface area contributed by atoms with Crippen molar-refractivity contribution in [3.05, 3.63) is 94.7 Å². The van der Waals surface area contributed by atoms with Gasteiger partial charge in [-0.15, -0.1) is 90.7 Å². The first-order valence-corrected chi connectivity index (χ1v) is 35.8. The van der Waals surface area contributed by atoms with E-state index in [1.165, 1.54) is 147 Å². The molecular formula is C64H72N2O4S9. The molecule has 0 aliphatic carbocycles. The molecular weight excluding hydrogens is 1150 g/mol. The third-order valence-electron chi connectivity index (χ3n) is 13.8. The fourth-order valence-electron chi connectivity index (χ4n) is 9.59. The van der Waals surface area contributed by atoms with E-state index in [-0.39, 0.29) is 0 Å². The zero-order valence-electron chi connectivity index (χ0n) is 46.4. The van der Waals surface area contributed by atoms with Crippen LogP contribution in [-0.2, 0) is 0 Å². The predicted octanol–water partition coefficient (Wildman–Crippen LogP) is 24.0. The molecule has 0 aliphatic heterocycles. The number of hydrogen-bond acceptors (Lipinski definition) is 15. The summed E-state index contributed by atoms with van der Waals surface area (Å²) in [7, 11) is 0. The Hall–Kier alpha value is -4.16. The van der Waals surface area contributed by atoms with E-state index in [4.69, 9.17) is 27.7 Å². The molecule has 0 atom stereocenters. The van der Waals surface area contributed by atoms with Crippen molar-refractivity contribution >= 4 is 113 Å². The van der Waals surface area contributed by atoms with Gasteiger partial charge in [0.15, 0.2) is 0 Å². The molecule has 10 aromatic rings. The summed E-state index contributed by atoms with van der Waals surface area (Å²) < 4.78 is 36.2. The highest BCUT2D eigenvalue weighted by Gasteiger charge is 2.24. The van der Waals surface area contributed by atoms with Crippen LogP contribution in [0.15, 0.2) is 84.9 Å². The maximum absolute atomic E-state index is 6.72. The van der Waals surface area contributed by atoms with E-state index in [0.717, 1.165) is 104 Å². The summed E-state index contributed by atoms with van der Waals surface area (Å²) in [6.07, 6.45) is 18.8. The zero-order valence-corrected chi connectivity index (χ0v) is 53.8. The molecule has 15 heteroatoms. The van der Waals surface area contributed by atoms with E-state index in [1.54, 1.807) is 22.7 Å². The number of nitrogens with zero attached hydrogens (tertiary/aromatic N) is 2. The predicted molar refractivity (Wildman–Crippen MR) is 352 cm³/mol. The SMILES string of the molecule is CCCCCCOc1cc(C)sc1-c1ccc(-c2ccc(-c3sc(-c4ccc(-c5cc(OCCCCCC)c(-c6ccc(-c7ccc(-c8sc(C)cc8OCCCCCC)s7)s6)s5)c5nsnc45)cc3OCCCCCC)s2)s1. The van der Waals surface area contributed by atoms with Gasteiger partial charge in [-0.1, -0.05) is 117 Å². The minimum atomic E-state index is 0.694. The van der Waals surface area contributed by atoms with Crippen molar-refractivity contribution in [3.63, 3.8) is 0 Å². The fraction of sp³-hybridized carbons (Fsp3) is 0.406. The Morgan fingerprint density at radius 2 is 0.595 bits per heavy atom. The smallest absolute Gasteiger partial charge is 0.139 e. The first kappa shape index (κ1) is 58.1. The number of benzene rings is 1. The molecule has 416 valence electrons. The number of aromatic nitrogens is 2. The molecule has 9 aromatic heterocycles. The van der Waals surface area contributed by atoms with Gasteiger partial charge >= 0.3 is 0 Å². The van der Waals surface area contributed by atoms with E-state index in [0.29, 0.717) is 13.2 Å². The molecule has 0 unspecified atom stereocenters. The summed E-state index contributed by atoms with van der Waals surface area (Å²) in [5, 5.41) is 0. The molecule has 0 saturated heterocycles. The summed E-state index contributed by atoms with van der Waals surface area (Å²) in [4.78, 5) is 19.6. The Labute approximate surface area is 504 Å². The Bertz CT molecular complexity index is 3270. The average Bonchev–Trinajstić information content (AvgIpc) is 4.51. The summed E-state index contributed by atoms with van der Waals surface area (Å²) in [5.41, 5.74) is 4.01. The van der Waals surface area contributed by atoms with Crippen molar-refractivity contribution in [2.24, 2.45) is 0 Å². The second kappa shape index (κ2) is 28.7. The van der Waals surface area contributed by atoms with Gasteiger partial charge in [-0.3, -0.25) is 0 Å². The monoisotopic (exact) mass is 1220 g/mol. The van der Waals surface area contributed by atoms with Gasteiger partial charge < -0.3 is 18.9 Å². The van der Waals surface area contributed by atoms with E-state index in [1.807, 2.05) is 68.0 Å². The highest BCUT2D eigenvalue weighted by molar-refractivity contribution is 7.30. The van der Waals surface area contributed by atoms with E-state index in [9.17, 15) is 0 Å². The van der Waals surface area contributed by atoms with Crippen LogP contribution in [0.25, 0.3) is 90.4 Å². The van der Waals surface area contributed by atoms with Crippen molar-refractivity contribution in [3.8, 4) is 102 Å². The van der Waals surface area contributed by atoms with Crippen LogP contribution in [0, 0.1) is 13.8 Å². The summed E-state index contributed by atoms with van der Waals surface area (Å²) in [6.45, 7) is 16.3. The number of rotatable bonds is 32. The molecule has 0 spiro atoms. The lowest BCUT2D eigenvalue weighted by Crippen LogP contribution is -1.96. The van der Waals surface area contributed by atoms with Gasteiger partial charge in [0.05, 0.1) is 57.7 Å². The van der Waals surface area contributed by atoms with Crippen LogP contribution in [0.4, 0.5) is 0 Å². The summed E-state index contributed by atoms with van der Waals surface area (Å²) >= 11 is 15.9. The van der Waals surface area contributed by atoms with Crippen LogP contribution in [-0.4, -0.2) is 35.2 Å². The number of aryl methyl sites for hydroxylation is 2. The Balaban J connectivity index is 0.919. The number of unbranched alkanes of at least 4 members (excludes halogenated alkanes) is 12. The Morgan fingerprint density at radius 3 is 0.911 bits per heavy atom. The average molecular weight is 1220 g/mol. The molecule has 79 heavy (non-hydrogen) atoms. The van der Waals surface area contributed by atoms with Crippen LogP contribution in [0.1, 0.15) is 140 Å². The van der Waals surface area contributed by atoms with Crippen molar-refractivity contribution in [1.29, 1.82) is 0 Å². The lowest BCUT2D eigenvalue weighted by Gasteiger charge is -2.06. The number of thiophene rings is 8. The van der Waals surface area contributed by atoms with Gasteiger partial charge in [0.1, 0.15) is 34.0 Å². The van der Waals surface area contributed by atoms with Crippen LogP contribution in [0.2, 0.25) is 0 Å². The number of hydrogen-bond donors (Lipinski definition) is 0. The highest BCUT2D eigenvalue weighted by Crippen LogP contribution is 2.53. The molecule has 0 bridgehead atoms. The molecule has 10 rings (SSSR count). The van der Waals surface area contributed by atoms with Gasteiger partial charge in [0, 0.05) is 69.7 Å². The maximum atomic E-state index is 6.72. The third-order valence-corrected chi connectivity index (χ3v) is 24.2. The lowest BCUT2D eigenvalue weighted by molar-refractivity contribution is 0.307. The normalized spacial score (nSPS) is 11.7. The first-order chi connectivity index (χ1) is 38.8. The fourth-order valence-corrected chi connectivity index (χ4v) is 19.0. The van der Waals surface area contributed by atoms with E-state index < -0.39 is 0 Å². The van der Waals surface area contributed by atoms with Crippen molar-refractivity contribution in [2.75, 3.05) is 26.4 Å². The van der Waals surface area contributed by atoms with Gasteiger partial charge in [-0.05, 0) is 112 Å². The number of ether oxygens (including phenoxy) is 4. The molecule has 9 heterocycles. The van der Waals surface area contributed by atoms with E-state index in [2.05, 4.69) is 126 Å². The lowest BCUT2D eigenvalue weighted by atomic mass is 10.1. The van der Waals surface area contributed by atoms with Crippen molar-refractivity contribution in [2.45, 2.75) is 144 Å². The molecule has 0 aliphatic rings. The standard InChI is InChI=1S/C64H72N2O4S9/c1-7-11-15-19-33-67-45-37-41(5)71-61(45)53-29-25-49(73-53)51-27-31-55(75-51)63-47(69-35-21-17-13-9-3)39-57(77-63)43-23-24-44(60-59(43)65-79-66-60)58-40-48(70-36-22-18-14-10-4)64(78-58)56-32-28-52(76-56)50-26-30-54(74-50)62-46(38-42(6)72-62)68-34-20-16-12-8-2/h23-32,37-40H,7-22,33-36H2,1-6H3. The van der Waals surface area contributed by atoms with Crippen LogP contribution in [0.5, 0.6) is 23.0 Å². The van der Waals surface area contributed by atoms with Crippen molar-refractivity contribution in [1.82, 2.24) is 8.75 Å². The second-order valence-electron chi connectivity index (χ2n) is 20.1. The van der Waals surface area contributed by atoms with Gasteiger partial charge in [0.2, 0.25) is 0 Å². The first-order valence-electron chi connectivity index (χ1n) is 28.5. The van der Waals surface area contributed by atoms with Gasteiger partial charge in [0.25, 0.3) is 0 Å². The molecule has 0 fully saturated rings.